The predicted molar refractivity (Wildman–Crippen MR) is 74.4 cm³/mol. The number of carbonyl (C=O) groups is 1. The van der Waals surface area contributed by atoms with Gasteiger partial charge in [-0.25, -0.2) is 0 Å². The van der Waals surface area contributed by atoms with Gasteiger partial charge in [0.05, 0.1) is 12.5 Å². The molecule has 0 spiro atoms. The fourth-order valence-corrected chi connectivity index (χ4v) is 2.80. The normalized spacial score (nSPS) is 18.8. The van der Waals surface area contributed by atoms with Crippen molar-refractivity contribution >= 4 is 5.97 Å². The quantitative estimate of drug-likeness (QED) is 0.932. The fourth-order valence-electron chi connectivity index (χ4n) is 2.80. The Hall–Kier alpha value is -2.07. The van der Waals surface area contributed by atoms with E-state index in [1.54, 1.807) is 0 Å². The van der Waals surface area contributed by atoms with Crippen molar-refractivity contribution in [2.75, 3.05) is 6.54 Å². The maximum absolute atomic E-state index is 11.5. The molecule has 1 unspecified atom stereocenters. The number of carboxylic acids is 1. The Morgan fingerprint density at radius 2 is 2.15 bits per heavy atom. The molecule has 4 nitrogen and oxygen atoms in total. The zero-order valence-electron chi connectivity index (χ0n) is 11.4. The smallest absolute Gasteiger partial charge is 0.312 e. The van der Waals surface area contributed by atoms with Gasteiger partial charge in [-0.1, -0.05) is 24.3 Å². The SMILES string of the molecule is Cc1ccc(CN2Cc3ccccc3C(C(=O)O)C2)o1. The molecule has 2 aromatic rings. The Bertz CT molecular complexity index is 632. The van der Waals surface area contributed by atoms with Crippen LogP contribution in [-0.2, 0) is 17.9 Å². The second-order valence-electron chi connectivity index (χ2n) is 5.27. The van der Waals surface area contributed by atoms with Gasteiger partial charge in [-0.3, -0.25) is 9.69 Å². The number of fused-ring (bicyclic) bond motifs is 1. The van der Waals surface area contributed by atoms with E-state index in [0.29, 0.717) is 13.1 Å². The van der Waals surface area contributed by atoms with Crippen LogP contribution in [0.1, 0.15) is 28.6 Å². The Morgan fingerprint density at radius 3 is 2.85 bits per heavy atom. The van der Waals surface area contributed by atoms with Gasteiger partial charge in [0.2, 0.25) is 0 Å². The van der Waals surface area contributed by atoms with Crippen LogP contribution in [0.2, 0.25) is 0 Å². The van der Waals surface area contributed by atoms with Crippen molar-refractivity contribution in [3.63, 3.8) is 0 Å². The molecule has 1 aromatic carbocycles. The van der Waals surface area contributed by atoms with Crippen LogP contribution in [0.4, 0.5) is 0 Å². The van der Waals surface area contributed by atoms with Crippen LogP contribution in [0.25, 0.3) is 0 Å². The zero-order valence-corrected chi connectivity index (χ0v) is 11.4. The molecule has 0 bridgehead atoms. The molecule has 0 fully saturated rings. The Labute approximate surface area is 117 Å². The van der Waals surface area contributed by atoms with Gasteiger partial charge in [0, 0.05) is 13.1 Å². The number of hydrogen-bond acceptors (Lipinski definition) is 3. The summed E-state index contributed by atoms with van der Waals surface area (Å²) in [6.07, 6.45) is 0. The van der Waals surface area contributed by atoms with Crippen molar-refractivity contribution in [3.05, 3.63) is 59.0 Å². The molecule has 1 atom stereocenters. The Kier molecular flexibility index (Phi) is 3.32. The molecule has 0 saturated carbocycles. The first-order valence-electron chi connectivity index (χ1n) is 6.72. The van der Waals surface area contributed by atoms with Crippen molar-refractivity contribution in [1.82, 2.24) is 4.90 Å². The Balaban J connectivity index is 1.84. The van der Waals surface area contributed by atoms with E-state index in [-0.39, 0.29) is 0 Å². The minimum absolute atomic E-state index is 0.462. The molecule has 104 valence electrons. The lowest BCUT2D eigenvalue weighted by atomic mass is 9.90. The lowest BCUT2D eigenvalue weighted by Crippen LogP contribution is -2.36. The summed E-state index contributed by atoms with van der Waals surface area (Å²) in [5.41, 5.74) is 2.03. The van der Waals surface area contributed by atoms with E-state index < -0.39 is 11.9 Å². The maximum Gasteiger partial charge on any atom is 0.312 e. The summed E-state index contributed by atoms with van der Waals surface area (Å²) in [6.45, 7) is 3.84. The number of benzene rings is 1. The third-order valence-electron chi connectivity index (χ3n) is 3.74. The third-order valence-corrected chi connectivity index (χ3v) is 3.74. The first kappa shape index (κ1) is 12.9. The van der Waals surface area contributed by atoms with Crippen molar-refractivity contribution in [2.45, 2.75) is 25.9 Å². The summed E-state index contributed by atoms with van der Waals surface area (Å²) in [5.74, 6) is 0.534. The molecule has 1 aliphatic heterocycles. The first-order valence-corrected chi connectivity index (χ1v) is 6.72. The number of aryl methyl sites for hydroxylation is 1. The highest BCUT2D eigenvalue weighted by molar-refractivity contribution is 5.77. The van der Waals surface area contributed by atoms with Gasteiger partial charge in [-0.15, -0.1) is 0 Å². The number of carboxylic acid groups (broad SMARTS) is 1. The molecule has 4 heteroatoms. The van der Waals surface area contributed by atoms with E-state index in [4.69, 9.17) is 4.42 Å². The molecule has 0 amide bonds. The number of aliphatic carboxylic acids is 1. The summed E-state index contributed by atoms with van der Waals surface area (Å²) in [5, 5.41) is 9.42. The van der Waals surface area contributed by atoms with Gasteiger partial charge in [-0.05, 0) is 30.2 Å². The highest BCUT2D eigenvalue weighted by Crippen LogP contribution is 2.29. The van der Waals surface area contributed by atoms with Crippen LogP contribution in [0.15, 0.2) is 40.8 Å². The van der Waals surface area contributed by atoms with Crippen LogP contribution in [0.3, 0.4) is 0 Å². The van der Waals surface area contributed by atoms with Crippen LogP contribution >= 0.6 is 0 Å². The molecule has 1 aromatic heterocycles. The first-order chi connectivity index (χ1) is 9.63. The summed E-state index contributed by atoms with van der Waals surface area (Å²) >= 11 is 0. The second kappa shape index (κ2) is 5.13. The van der Waals surface area contributed by atoms with E-state index in [1.807, 2.05) is 43.3 Å². The molecule has 1 N–H and O–H groups in total. The molecule has 1 aliphatic rings. The fraction of sp³-hybridized carbons (Fsp3) is 0.312. The maximum atomic E-state index is 11.5. The standard InChI is InChI=1S/C16H17NO3/c1-11-6-7-13(20-11)9-17-8-12-4-2-3-5-14(12)15(10-17)16(18)19/h2-7,15H,8-10H2,1H3,(H,18,19). The molecular formula is C16H17NO3. The predicted octanol–water partition coefficient (Wildman–Crippen LogP) is 2.77. The molecule has 20 heavy (non-hydrogen) atoms. The average Bonchev–Trinajstić information content (AvgIpc) is 2.83. The lowest BCUT2D eigenvalue weighted by molar-refractivity contribution is -0.139. The number of nitrogens with zero attached hydrogens (tertiary/aromatic N) is 1. The largest absolute Gasteiger partial charge is 0.481 e. The minimum Gasteiger partial charge on any atom is -0.481 e. The molecule has 3 rings (SSSR count). The summed E-state index contributed by atoms with van der Waals surface area (Å²) < 4.78 is 5.58. The van der Waals surface area contributed by atoms with Gasteiger partial charge < -0.3 is 9.52 Å². The van der Waals surface area contributed by atoms with Gasteiger partial charge in [0.25, 0.3) is 0 Å². The van der Waals surface area contributed by atoms with Gasteiger partial charge in [0.1, 0.15) is 11.5 Å². The summed E-state index contributed by atoms with van der Waals surface area (Å²) in [7, 11) is 0. The van der Waals surface area contributed by atoms with Crippen molar-refractivity contribution in [1.29, 1.82) is 0 Å². The highest BCUT2D eigenvalue weighted by atomic mass is 16.4. The van der Waals surface area contributed by atoms with E-state index in [0.717, 1.165) is 29.2 Å². The minimum atomic E-state index is -0.766. The van der Waals surface area contributed by atoms with Crippen molar-refractivity contribution in [3.8, 4) is 0 Å². The van der Waals surface area contributed by atoms with Crippen LogP contribution in [-0.4, -0.2) is 22.5 Å². The van der Waals surface area contributed by atoms with Gasteiger partial charge in [0.15, 0.2) is 0 Å². The molecule has 2 heterocycles. The number of rotatable bonds is 3. The van der Waals surface area contributed by atoms with Crippen molar-refractivity contribution < 1.29 is 14.3 Å². The van der Waals surface area contributed by atoms with Gasteiger partial charge >= 0.3 is 5.97 Å². The Morgan fingerprint density at radius 1 is 1.35 bits per heavy atom. The second-order valence-corrected chi connectivity index (χ2v) is 5.27. The monoisotopic (exact) mass is 271 g/mol. The van der Waals surface area contributed by atoms with E-state index in [1.165, 1.54) is 0 Å². The molecule has 0 radical (unpaired) electrons. The lowest BCUT2D eigenvalue weighted by Gasteiger charge is -2.32. The number of hydrogen-bond donors (Lipinski definition) is 1. The zero-order chi connectivity index (χ0) is 14.1. The average molecular weight is 271 g/mol. The summed E-state index contributed by atoms with van der Waals surface area (Å²) in [6, 6.07) is 11.7. The molecule has 0 aliphatic carbocycles. The van der Waals surface area contributed by atoms with E-state index >= 15 is 0 Å². The third kappa shape index (κ3) is 2.47. The number of furan rings is 1. The van der Waals surface area contributed by atoms with Crippen LogP contribution in [0, 0.1) is 6.92 Å². The molecule has 0 saturated heterocycles. The van der Waals surface area contributed by atoms with Crippen LogP contribution in [0.5, 0.6) is 0 Å². The van der Waals surface area contributed by atoms with E-state index in [9.17, 15) is 9.90 Å². The molecular weight excluding hydrogens is 254 g/mol. The topological polar surface area (TPSA) is 53.7 Å². The highest BCUT2D eigenvalue weighted by Gasteiger charge is 2.30. The van der Waals surface area contributed by atoms with Gasteiger partial charge in [-0.2, -0.15) is 0 Å². The summed E-state index contributed by atoms with van der Waals surface area (Å²) in [4.78, 5) is 13.6. The van der Waals surface area contributed by atoms with E-state index in [2.05, 4.69) is 4.90 Å². The van der Waals surface area contributed by atoms with Crippen LogP contribution < -0.4 is 0 Å². The van der Waals surface area contributed by atoms with Crippen molar-refractivity contribution in [2.24, 2.45) is 0 Å².